The average molecular weight is 281 g/mol. The highest BCUT2D eigenvalue weighted by atomic mass is 32.2. The van der Waals surface area contributed by atoms with Crippen LogP contribution in [0.2, 0.25) is 0 Å². The van der Waals surface area contributed by atoms with E-state index < -0.39 is 0 Å². The lowest BCUT2D eigenvalue weighted by atomic mass is 10.2. The maximum atomic E-state index is 12.2. The second-order valence-electron chi connectivity index (χ2n) is 5.43. The first-order chi connectivity index (χ1) is 8.92. The van der Waals surface area contributed by atoms with Crippen LogP contribution in [-0.2, 0) is 11.3 Å². The molecule has 1 rings (SSSR count). The van der Waals surface area contributed by atoms with E-state index in [4.69, 9.17) is 5.11 Å². The molecule has 0 saturated heterocycles. The summed E-state index contributed by atoms with van der Waals surface area (Å²) in [6.07, 6.45) is 0. The van der Waals surface area contributed by atoms with Crippen molar-refractivity contribution in [1.82, 2.24) is 4.90 Å². The van der Waals surface area contributed by atoms with Crippen molar-refractivity contribution in [3.05, 3.63) is 35.9 Å². The van der Waals surface area contributed by atoms with Gasteiger partial charge in [-0.15, -0.1) is 11.8 Å². The molecule has 3 nitrogen and oxygen atoms in total. The lowest BCUT2D eigenvalue weighted by molar-refractivity contribution is -0.129. The number of benzene rings is 1. The first-order valence-electron chi connectivity index (χ1n) is 6.49. The van der Waals surface area contributed by atoms with Gasteiger partial charge in [-0.1, -0.05) is 51.1 Å². The summed E-state index contributed by atoms with van der Waals surface area (Å²) in [5, 5.41) is 9.09. The zero-order valence-electron chi connectivity index (χ0n) is 11.9. The molecular weight excluding hydrogens is 258 g/mol. The van der Waals surface area contributed by atoms with Crippen LogP contribution in [-0.4, -0.2) is 39.6 Å². The fourth-order valence-corrected chi connectivity index (χ4v) is 2.33. The summed E-state index contributed by atoms with van der Waals surface area (Å²) in [5.74, 6) is 0.536. The summed E-state index contributed by atoms with van der Waals surface area (Å²) in [7, 11) is 0. The molecule has 106 valence electrons. The van der Waals surface area contributed by atoms with Crippen LogP contribution in [0.4, 0.5) is 0 Å². The van der Waals surface area contributed by atoms with Gasteiger partial charge in [0, 0.05) is 17.8 Å². The molecule has 4 heteroatoms. The molecule has 0 heterocycles. The number of carbonyl (C=O) groups is 1. The fraction of sp³-hybridized carbons (Fsp3) is 0.533. The first-order valence-corrected chi connectivity index (χ1v) is 7.47. The van der Waals surface area contributed by atoms with E-state index in [0.717, 1.165) is 5.56 Å². The molecule has 1 aromatic carbocycles. The van der Waals surface area contributed by atoms with Gasteiger partial charge >= 0.3 is 0 Å². The zero-order valence-corrected chi connectivity index (χ0v) is 12.7. The van der Waals surface area contributed by atoms with E-state index in [9.17, 15) is 4.79 Å². The largest absolute Gasteiger partial charge is 0.395 e. The van der Waals surface area contributed by atoms with Crippen LogP contribution in [0.1, 0.15) is 26.3 Å². The molecule has 0 saturated carbocycles. The van der Waals surface area contributed by atoms with Gasteiger partial charge < -0.3 is 10.0 Å². The molecule has 0 fully saturated rings. The SMILES string of the molecule is CC(C)(C)SCC(=O)N(CCO)Cc1ccccc1. The van der Waals surface area contributed by atoms with Gasteiger partial charge in [0.1, 0.15) is 0 Å². The predicted molar refractivity (Wildman–Crippen MR) is 81.2 cm³/mol. The second-order valence-corrected chi connectivity index (χ2v) is 7.23. The smallest absolute Gasteiger partial charge is 0.232 e. The number of thioether (sulfide) groups is 1. The molecule has 0 spiro atoms. The molecule has 1 amide bonds. The van der Waals surface area contributed by atoms with Crippen LogP contribution in [0.15, 0.2) is 30.3 Å². The number of aliphatic hydroxyl groups excluding tert-OH is 1. The molecular formula is C15H23NO2S. The van der Waals surface area contributed by atoms with Crippen LogP contribution in [0, 0.1) is 0 Å². The Labute approximate surface area is 120 Å². The van der Waals surface area contributed by atoms with Crippen molar-refractivity contribution in [2.24, 2.45) is 0 Å². The maximum absolute atomic E-state index is 12.2. The molecule has 1 N–H and O–H groups in total. The van der Waals surface area contributed by atoms with E-state index in [1.54, 1.807) is 16.7 Å². The molecule has 0 aliphatic heterocycles. The third kappa shape index (κ3) is 6.64. The Balaban J connectivity index is 2.59. The number of nitrogens with zero attached hydrogens (tertiary/aromatic N) is 1. The Morgan fingerprint density at radius 1 is 1.26 bits per heavy atom. The topological polar surface area (TPSA) is 40.5 Å². The normalized spacial score (nSPS) is 11.4. The molecule has 0 atom stereocenters. The molecule has 1 aromatic rings. The first kappa shape index (κ1) is 16.1. The van der Waals surface area contributed by atoms with Crippen molar-refractivity contribution in [2.75, 3.05) is 18.9 Å². The van der Waals surface area contributed by atoms with Crippen LogP contribution >= 0.6 is 11.8 Å². The predicted octanol–water partition coefficient (Wildman–Crippen LogP) is 2.54. The Kier molecular flexibility index (Phi) is 6.38. The third-order valence-corrected chi connectivity index (χ3v) is 3.82. The number of aliphatic hydroxyl groups is 1. The lowest BCUT2D eigenvalue weighted by Crippen LogP contribution is -2.35. The quantitative estimate of drug-likeness (QED) is 0.871. The highest BCUT2D eigenvalue weighted by Gasteiger charge is 2.18. The number of rotatable bonds is 6. The minimum absolute atomic E-state index is 0.00123. The summed E-state index contributed by atoms with van der Waals surface area (Å²) >= 11 is 1.63. The summed E-state index contributed by atoms with van der Waals surface area (Å²) in [6.45, 7) is 7.23. The Morgan fingerprint density at radius 3 is 2.42 bits per heavy atom. The van der Waals surface area contributed by atoms with Gasteiger partial charge in [0.15, 0.2) is 0 Å². The van der Waals surface area contributed by atoms with E-state index in [-0.39, 0.29) is 17.3 Å². The van der Waals surface area contributed by atoms with E-state index in [0.29, 0.717) is 18.8 Å². The summed E-state index contributed by atoms with van der Waals surface area (Å²) in [6, 6.07) is 9.86. The Morgan fingerprint density at radius 2 is 1.89 bits per heavy atom. The maximum Gasteiger partial charge on any atom is 0.232 e. The summed E-state index contributed by atoms with van der Waals surface area (Å²) in [5.41, 5.74) is 1.09. The standard InChI is InChI=1S/C15H23NO2S/c1-15(2,3)19-12-14(18)16(9-10-17)11-13-7-5-4-6-8-13/h4-8,17H,9-12H2,1-3H3. The number of carbonyl (C=O) groups excluding carboxylic acids is 1. The molecule has 0 radical (unpaired) electrons. The van der Waals surface area contributed by atoms with Crippen molar-refractivity contribution in [1.29, 1.82) is 0 Å². The van der Waals surface area contributed by atoms with Crippen molar-refractivity contribution >= 4 is 17.7 Å². The van der Waals surface area contributed by atoms with Gasteiger partial charge in [-0.3, -0.25) is 4.79 Å². The minimum atomic E-state index is -0.00123. The number of hydrogen-bond donors (Lipinski definition) is 1. The highest BCUT2D eigenvalue weighted by Crippen LogP contribution is 2.23. The monoisotopic (exact) mass is 281 g/mol. The molecule has 0 aliphatic carbocycles. The third-order valence-electron chi connectivity index (χ3n) is 2.57. The number of amides is 1. The van der Waals surface area contributed by atoms with Gasteiger partial charge in [0.25, 0.3) is 0 Å². The zero-order chi connectivity index (χ0) is 14.3. The van der Waals surface area contributed by atoms with Gasteiger partial charge in [0.2, 0.25) is 5.91 Å². The van der Waals surface area contributed by atoms with E-state index in [1.165, 1.54) is 0 Å². The van der Waals surface area contributed by atoms with Gasteiger partial charge in [-0.2, -0.15) is 0 Å². The summed E-state index contributed by atoms with van der Waals surface area (Å²) in [4.78, 5) is 13.9. The van der Waals surface area contributed by atoms with Crippen molar-refractivity contribution in [2.45, 2.75) is 32.1 Å². The molecule has 19 heavy (non-hydrogen) atoms. The van der Waals surface area contributed by atoms with E-state index in [1.807, 2.05) is 30.3 Å². The Hall–Kier alpha value is -1.00. The van der Waals surface area contributed by atoms with E-state index in [2.05, 4.69) is 20.8 Å². The van der Waals surface area contributed by atoms with Crippen LogP contribution < -0.4 is 0 Å². The molecule has 0 aromatic heterocycles. The molecule has 0 unspecified atom stereocenters. The second kappa shape index (κ2) is 7.56. The number of hydrogen-bond acceptors (Lipinski definition) is 3. The van der Waals surface area contributed by atoms with Crippen LogP contribution in [0.3, 0.4) is 0 Å². The van der Waals surface area contributed by atoms with Gasteiger partial charge in [-0.25, -0.2) is 0 Å². The fourth-order valence-electron chi connectivity index (χ4n) is 1.59. The van der Waals surface area contributed by atoms with Crippen LogP contribution in [0.5, 0.6) is 0 Å². The van der Waals surface area contributed by atoms with Crippen LogP contribution in [0.25, 0.3) is 0 Å². The minimum Gasteiger partial charge on any atom is -0.395 e. The van der Waals surface area contributed by atoms with Crippen molar-refractivity contribution < 1.29 is 9.90 Å². The molecule has 0 aliphatic rings. The highest BCUT2D eigenvalue weighted by molar-refractivity contribution is 8.01. The van der Waals surface area contributed by atoms with Gasteiger partial charge in [-0.05, 0) is 5.56 Å². The molecule has 0 bridgehead atoms. The van der Waals surface area contributed by atoms with Crippen molar-refractivity contribution in [3.63, 3.8) is 0 Å². The Bertz CT molecular complexity index is 387. The van der Waals surface area contributed by atoms with E-state index >= 15 is 0 Å². The summed E-state index contributed by atoms with van der Waals surface area (Å²) < 4.78 is 0.0767. The lowest BCUT2D eigenvalue weighted by Gasteiger charge is -2.24. The van der Waals surface area contributed by atoms with Crippen molar-refractivity contribution in [3.8, 4) is 0 Å². The van der Waals surface area contributed by atoms with Gasteiger partial charge in [0.05, 0.1) is 12.4 Å². The average Bonchev–Trinajstić information content (AvgIpc) is 2.36.